The van der Waals surface area contributed by atoms with Gasteiger partial charge in [-0.25, -0.2) is 13.4 Å². The van der Waals surface area contributed by atoms with E-state index in [-0.39, 0.29) is 17.7 Å². The zero-order valence-electron chi connectivity index (χ0n) is 16.7. The minimum absolute atomic E-state index is 0.294. The molecule has 0 amide bonds. The van der Waals surface area contributed by atoms with Crippen molar-refractivity contribution in [3.63, 3.8) is 0 Å². The first-order valence-corrected chi connectivity index (χ1v) is 11.6. The number of benzene rings is 1. The maximum absolute atomic E-state index is 13.2. The second kappa shape index (κ2) is 7.18. The molecule has 6 nitrogen and oxygen atoms in total. The highest BCUT2D eigenvalue weighted by molar-refractivity contribution is 7.89. The van der Waals surface area contributed by atoms with Gasteiger partial charge in [-0.1, -0.05) is 29.8 Å². The molecule has 3 aromatic rings. The van der Waals surface area contributed by atoms with Crippen molar-refractivity contribution in [2.24, 2.45) is 0 Å². The summed E-state index contributed by atoms with van der Waals surface area (Å²) < 4.78 is 68.4. The van der Waals surface area contributed by atoms with Gasteiger partial charge in [0.1, 0.15) is 17.3 Å². The lowest BCUT2D eigenvalue weighted by atomic mass is 10.1. The summed E-state index contributed by atoms with van der Waals surface area (Å²) in [5, 5.41) is 10.7. The molecule has 2 heterocycles. The second-order valence-electron chi connectivity index (χ2n) is 7.86. The second-order valence-corrected chi connectivity index (χ2v) is 9.97. The number of rotatable bonds is 5. The van der Waals surface area contributed by atoms with Crippen molar-refractivity contribution in [3.8, 4) is 17.3 Å². The first-order valence-electron chi connectivity index (χ1n) is 9.76. The summed E-state index contributed by atoms with van der Waals surface area (Å²) >= 11 is 6.08. The number of allylic oxidation sites excluding steroid dienone is 4. The summed E-state index contributed by atoms with van der Waals surface area (Å²) in [7, 11) is -4.40. The molecule has 0 spiro atoms. The van der Waals surface area contributed by atoms with E-state index in [0.29, 0.717) is 32.9 Å². The third kappa shape index (κ3) is 3.44. The Morgan fingerprint density at radius 2 is 1.88 bits per heavy atom. The molecule has 1 aromatic carbocycles. The fourth-order valence-corrected chi connectivity index (χ4v) is 5.39. The number of halogens is 4. The Kier molecular flexibility index (Phi) is 4.72. The molecule has 2 aliphatic carbocycles. The van der Waals surface area contributed by atoms with Crippen LogP contribution in [0.15, 0.2) is 59.7 Å². The summed E-state index contributed by atoms with van der Waals surface area (Å²) in [5.74, 6) is 0. The van der Waals surface area contributed by atoms with Crippen molar-refractivity contribution in [2.45, 2.75) is 29.5 Å². The standard InChI is InChI=1S/C22H14ClF3N4O2S/c23-14-10-17-18(11-27)19(30(15-2-1-3-15)20(17)28-12-14)13-4-6-16(7-5-13)33(31,32)29-21(8-9-21)22(24,25)26/h1-7,10,12,29H,8-9H2. The van der Waals surface area contributed by atoms with E-state index < -0.39 is 21.7 Å². The van der Waals surface area contributed by atoms with Crippen LogP contribution in [-0.4, -0.2) is 29.7 Å². The minimum Gasteiger partial charge on any atom is -0.293 e. The van der Waals surface area contributed by atoms with Gasteiger partial charge in [0.2, 0.25) is 10.0 Å². The third-order valence-corrected chi connectivity index (χ3v) is 7.50. The van der Waals surface area contributed by atoms with Crippen LogP contribution in [0.5, 0.6) is 0 Å². The van der Waals surface area contributed by atoms with E-state index in [1.165, 1.54) is 30.5 Å². The molecule has 0 atom stereocenters. The molecular formula is C22H14ClF3N4O2S. The molecule has 2 aromatic heterocycles. The van der Waals surface area contributed by atoms with Gasteiger partial charge in [0, 0.05) is 22.8 Å². The number of nitrogens with zero attached hydrogens (tertiary/aromatic N) is 3. The highest BCUT2D eigenvalue weighted by atomic mass is 35.5. The smallest absolute Gasteiger partial charge is 0.293 e. The Bertz CT molecular complexity index is 1510. The predicted molar refractivity (Wildman–Crippen MR) is 117 cm³/mol. The molecule has 33 heavy (non-hydrogen) atoms. The highest BCUT2D eigenvalue weighted by Gasteiger charge is 2.65. The Labute approximate surface area is 191 Å². The molecule has 0 saturated heterocycles. The Hall–Kier alpha value is -3.13. The average molecular weight is 491 g/mol. The minimum atomic E-state index is -4.67. The molecule has 0 radical (unpaired) electrons. The average Bonchev–Trinajstić information content (AvgIpc) is 3.43. The number of fused-ring (bicyclic) bond motifs is 1. The lowest BCUT2D eigenvalue weighted by Crippen LogP contribution is -2.47. The number of nitriles is 1. The monoisotopic (exact) mass is 490 g/mol. The maximum Gasteiger partial charge on any atom is 0.407 e. The van der Waals surface area contributed by atoms with E-state index in [2.05, 4.69) is 11.1 Å². The molecule has 0 aliphatic heterocycles. The normalized spacial score (nSPS) is 16.9. The fourth-order valence-electron chi connectivity index (χ4n) is 3.79. The molecule has 0 unspecified atom stereocenters. The Morgan fingerprint density at radius 1 is 1.21 bits per heavy atom. The van der Waals surface area contributed by atoms with Crippen LogP contribution in [0.3, 0.4) is 0 Å². The largest absolute Gasteiger partial charge is 0.407 e. The number of sulfonamides is 1. The van der Waals surface area contributed by atoms with Crippen LogP contribution in [0.1, 0.15) is 18.4 Å². The van der Waals surface area contributed by atoms with Crippen LogP contribution in [0.4, 0.5) is 13.2 Å². The fraction of sp³-hybridized carbons (Fsp3) is 0.182. The predicted octanol–water partition coefficient (Wildman–Crippen LogP) is 5.01. The van der Waals surface area contributed by atoms with Crippen LogP contribution < -0.4 is 4.72 Å². The number of alkyl halides is 3. The van der Waals surface area contributed by atoms with Gasteiger partial charge in [-0.05, 0) is 43.2 Å². The van der Waals surface area contributed by atoms with Gasteiger partial charge in [-0.3, -0.25) is 4.57 Å². The van der Waals surface area contributed by atoms with E-state index >= 15 is 0 Å². The summed E-state index contributed by atoms with van der Waals surface area (Å²) in [6, 6.07) is 9.14. The molecule has 168 valence electrons. The summed E-state index contributed by atoms with van der Waals surface area (Å²) in [5.41, 5.74) is 0.135. The van der Waals surface area contributed by atoms with Gasteiger partial charge in [0.05, 0.1) is 21.2 Å². The molecule has 1 N–H and O–H groups in total. The van der Waals surface area contributed by atoms with Crippen LogP contribution in [0.2, 0.25) is 5.02 Å². The van der Waals surface area contributed by atoms with E-state index in [1.807, 2.05) is 18.2 Å². The Morgan fingerprint density at radius 3 is 2.39 bits per heavy atom. The zero-order valence-corrected chi connectivity index (χ0v) is 18.3. The van der Waals surface area contributed by atoms with Crippen molar-refractivity contribution in [2.75, 3.05) is 0 Å². The summed E-state index contributed by atoms with van der Waals surface area (Å²) in [6.45, 7) is 0. The maximum atomic E-state index is 13.2. The van der Waals surface area contributed by atoms with Crippen LogP contribution in [0.25, 0.3) is 28.0 Å². The molecule has 2 aliphatic rings. The lowest BCUT2D eigenvalue weighted by Gasteiger charge is -2.20. The first kappa shape index (κ1) is 21.7. The molecular weight excluding hydrogens is 477 g/mol. The van der Waals surface area contributed by atoms with Crippen LogP contribution >= 0.6 is 11.6 Å². The molecule has 0 bridgehead atoms. The van der Waals surface area contributed by atoms with Crippen molar-refractivity contribution in [3.05, 3.63) is 65.3 Å². The quantitative estimate of drug-likeness (QED) is 0.544. The SMILES string of the molecule is N#Cc1c(-c2ccc(S(=O)(=O)NC3(C(F)(F)F)CC3)cc2)n(C2=CC=C2)c2ncc(Cl)cc12. The van der Waals surface area contributed by atoms with Gasteiger partial charge in [0.15, 0.2) is 0 Å². The summed E-state index contributed by atoms with van der Waals surface area (Å²) in [6.07, 6.45) is 1.69. The number of hydrogen-bond donors (Lipinski definition) is 1. The zero-order chi connectivity index (χ0) is 23.6. The van der Waals surface area contributed by atoms with E-state index in [4.69, 9.17) is 11.6 Å². The summed E-state index contributed by atoms with van der Waals surface area (Å²) in [4.78, 5) is 4.06. The lowest BCUT2D eigenvalue weighted by molar-refractivity contribution is -0.160. The van der Waals surface area contributed by atoms with Crippen molar-refractivity contribution in [1.29, 1.82) is 5.26 Å². The van der Waals surface area contributed by atoms with E-state index in [9.17, 15) is 26.9 Å². The first-order chi connectivity index (χ1) is 15.6. The topological polar surface area (TPSA) is 87.8 Å². The van der Waals surface area contributed by atoms with Gasteiger partial charge < -0.3 is 0 Å². The number of nitrogens with one attached hydrogen (secondary N) is 1. The number of hydrogen-bond acceptors (Lipinski definition) is 4. The van der Waals surface area contributed by atoms with Crippen LogP contribution in [0, 0.1) is 11.3 Å². The molecule has 1 fully saturated rings. The third-order valence-electron chi connectivity index (χ3n) is 5.74. The van der Waals surface area contributed by atoms with E-state index in [0.717, 1.165) is 5.70 Å². The van der Waals surface area contributed by atoms with Crippen molar-refractivity contribution in [1.82, 2.24) is 14.3 Å². The van der Waals surface area contributed by atoms with E-state index in [1.54, 1.807) is 15.4 Å². The van der Waals surface area contributed by atoms with Gasteiger partial charge in [0.25, 0.3) is 0 Å². The molecule has 11 heteroatoms. The van der Waals surface area contributed by atoms with Crippen LogP contribution in [-0.2, 0) is 10.0 Å². The van der Waals surface area contributed by atoms with Crippen molar-refractivity contribution >= 4 is 38.4 Å². The molecule has 5 rings (SSSR count). The Balaban J connectivity index is 1.59. The number of pyridine rings is 1. The highest BCUT2D eigenvalue weighted by Crippen LogP contribution is 2.49. The number of aromatic nitrogens is 2. The molecule has 1 saturated carbocycles. The van der Waals surface area contributed by atoms with Crippen molar-refractivity contribution < 1.29 is 21.6 Å². The van der Waals surface area contributed by atoms with Gasteiger partial charge in [-0.15, -0.1) is 0 Å². The van der Waals surface area contributed by atoms with Gasteiger partial charge in [-0.2, -0.15) is 23.2 Å². The van der Waals surface area contributed by atoms with Gasteiger partial charge >= 0.3 is 6.18 Å².